The van der Waals surface area contributed by atoms with Crippen LogP contribution in [0.4, 0.5) is 5.82 Å². The molecule has 3 N–H and O–H groups in total. The average molecular weight is 233 g/mol. The van der Waals surface area contributed by atoms with Gasteiger partial charge in [0.2, 0.25) is 0 Å². The SMILES string of the molecule is Nc1[nH]c2ccc3nccc3c2c2ccccc12. The first-order valence-electron chi connectivity index (χ1n) is 5.88. The van der Waals surface area contributed by atoms with Gasteiger partial charge in [0.05, 0.1) is 5.52 Å². The van der Waals surface area contributed by atoms with Crippen LogP contribution < -0.4 is 5.73 Å². The topological polar surface area (TPSA) is 54.7 Å². The van der Waals surface area contributed by atoms with Crippen molar-refractivity contribution in [2.45, 2.75) is 0 Å². The van der Waals surface area contributed by atoms with Gasteiger partial charge >= 0.3 is 0 Å². The van der Waals surface area contributed by atoms with Crippen molar-refractivity contribution in [2.24, 2.45) is 0 Å². The molecular weight excluding hydrogens is 222 g/mol. The van der Waals surface area contributed by atoms with Gasteiger partial charge in [0.15, 0.2) is 0 Å². The maximum atomic E-state index is 6.07. The Morgan fingerprint density at radius 3 is 2.61 bits per heavy atom. The molecule has 0 unspecified atom stereocenters. The lowest BCUT2D eigenvalue weighted by atomic mass is 10.0. The number of nitrogen functional groups attached to an aromatic ring is 1. The molecule has 0 amide bonds. The van der Waals surface area contributed by atoms with Gasteiger partial charge in [-0.15, -0.1) is 0 Å². The number of benzene rings is 2. The summed E-state index contributed by atoms with van der Waals surface area (Å²) in [4.78, 5) is 7.62. The predicted octanol–water partition coefficient (Wildman–Crippen LogP) is 3.45. The van der Waals surface area contributed by atoms with E-state index in [0.29, 0.717) is 5.82 Å². The average Bonchev–Trinajstić information content (AvgIpc) is 2.87. The summed E-state index contributed by atoms with van der Waals surface area (Å²) in [5.74, 6) is 0.706. The van der Waals surface area contributed by atoms with E-state index in [9.17, 15) is 0 Å². The second kappa shape index (κ2) is 3.23. The molecule has 2 aromatic carbocycles. The highest BCUT2D eigenvalue weighted by Crippen LogP contribution is 2.32. The van der Waals surface area contributed by atoms with Gasteiger partial charge in [-0.2, -0.15) is 0 Å². The van der Waals surface area contributed by atoms with E-state index in [1.807, 2.05) is 42.6 Å². The van der Waals surface area contributed by atoms with Gasteiger partial charge in [0.1, 0.15) is 5.82 Å². The number of hydrogen-bond acceptors (Lipinski definition) is 2. The van der Waals surface area contributed by atoms with Gasteiger partial charge in [-0.1, -0.05) is 24.3 Å². The molecule has 0 saturated carbocycles. The minimum atomic E-state index is 0.706. The van der Waals surface area contributed by atoms with E-state index in [2.05, 4.69) is 16.0 Å². The predicted molar refractivity (Wildman–Crippen MR) is 75.5 cm³/mol. The Kier molecular flexibility index (Phi) is 1.70. The molecule has 18 heavy (non-hydrogen) atoms. The van der Waals surface area contributed by atoms with E-state index in [1.54, 1.807) is 0 Å². The third-order valence-corrected chi connectivity index (χ3v) is 3.43. The van der Waals surface area contributed by atoms with Crippen LogP contribution in [0.25, 0.3) is 32.6 Å². The van der Waals surface area contributed by atoms with Crippen LogP contribution >= 0.6 is 0 Å². The molecule has 3 nitrogen and oxygen atoms in total. The third kappa shape index (κ3) is 1.10. The first-order valence-corrected chi connectivity index (χ1v) is 5.88. The zero-order valence-corrected chi connectivity index (χ0v) is 9.64. The number of aromatic nitrogens is 2. The van der Waals surface area contributed by atoms with E-state index >= 15 is 0 Å². The molecule has 4 aromatic rings. The molecule has 86 valence electrons. The van der Waals surface area contributed by atoms with Crippen LogP contribution in [0.5, 0.6) is 0 Å². The summed E-state index contributed by atoms with van der Waals surface area (Å²) in [7, 11) is 0. The van der Waals surface area contributed by atoms with Crippen molar-refractivity contribution >= 4 is 38.4 Å². The Morgan fingerprint density at radius 2 is 1.72 bits per heavy atom. The summed E-state index contributed by atoms with van der Waals surface area (Å²) >= 11 is 0. The minimum Gasteiger partial charge on any atom is -0.385 e. The lowest BCUT2D eigenvalue weighted by molar-refractivity contribution is 1.44. The zero-order chi connectivity index (χ0) is 12.1. The molecule has 0 aliphatic rings. The second-order valence-corrected chi connectivity index (χ2v) is 4.45. The second-order valence-electron chi connectivity index (χ2n) is 4.45. The largest absolute Gasteiger partial charge is 0.385 e. The normalized spacial score (nSPS) is 11.6. The summed E-state index contributed by atoms with van der Waals surface area (Å²) in [5.41, 5.74) is 8.14. The van der Waals surface area contributed by atoms with Crippen LogP contribution in [0.1, 0.15) is 0 Å². The van der Waals surface area contributed by atoms with Crippen molar-refractivity contribution in [3.63, 3.8) is 0 Å². The Balaban J connectivity index is 2.41. The van der Waals surface area contributed by atoms with Crippen molar-refractivity contribution in [3.8, 4) is 0 Å². The van der Waals surface area contributed by atoms with E-state index in [4.69, 9.17) is 5.73 Å². The Hall–Kier alpha value is -2.55. The lowest BCUT2D eigenvalue weighted by Gasteiger charge is -2.08. The molecule has 0 atom stereocenters. The van der Waals surface area contributed by atoms with E-state index in [1.165, 1.54) is 16.2 Å². The number of nitrogens with one attached hydrogen (secondary N) is 1. The molecular formula is C15H11N3. The van der Waals surface area contributed by atoms with Crippen molar-refractivity contribution < 1.29 is 0 Å². The van der Waals surface area contributed by atoms with Crippen molar-refractivity contribution in [1.82, 2.24) is 9.97 Å². The molecule has 0 aliphatic carbocycles. The molecule has 2 heterocycles. The van der Waals surface area contributed by atoms with E-state index in [-0.39, 0.29) is 0 Å². The molecule has 0 spiro atoms. The number of H-pyrrole nitrogens is 1. The van der Waals surface area contributed by atoms with Gasteiger partial charge in [-0.25, -0.2) is 0 Å². The van der Waals surface area contributed by atoms with Crippen LogP contribution in [0.2, 0.25) is 0 Å². The highest BCUT2D eigenvalue weighted by atomic mass is 14.8. The molecule has 0 bridgehead atoms. The number of anilines is 1. The van der Waals surface area contributed by atoms with Gasteiger partial charge in [-0.05, 0) is 23.6 Å². The minimum absolute atomic E-state index is 0.706. The van der Waals surface area contributed by atoms with E-state index in [0.717, 1.165) is 16.4 Å². The van der Waals surface area contributed by atoms with Gasteiger partial charge in [-0.3, -0.25) is 4.98 Å². The molecule has 0 aliphatic heterocycles. The molecule has 0 saturated heterocycles. The molecule has 3 heteroatoms. The zero-order valence-electron chi connectivity index (χ0n) is 9.64. The van der Waals surface area contributed by atoms with Crippen molar-refractivity contribution in [2.75, 3.05) is 5.73 Å². The first kappa shape index (κ1) is 9.48. The van der Waals surface area contributed by atoms with Gasteiger partial charge < -0.3 is 10.7 Å². The van der Waals surface area contributed by atoms with Crippen molar-refractivity contribution in [1.29, 1.82) is 0 Å². The Morgan fingerprint density at radius 1 is 0.889 bits per heavy atom. The van der Waals surface area contributed by atoms with E-state index < -0.39 is 0 Å². The number of nitrogens with two attached hydrogens (primary N) is 1. The Bertz CT molecular complexity index is 890. The number of aromatic amines is 1. The smallest absolute Gasteiger partial charge is 0.109 e. The summed E-state index contributed by atoms with van der Waals surface area (Å²) in [6.07, 6.45) is 1.84. The maximum Gasteiger partial charge on any atom is 0.109 e. The summed E-state index contributed by atoms with van der Waals surface area (Å²) in [5, 5.41) is 4.58. The number of fused-ring (bicyclic) bond motifs is 5. The van der Waals surface area contributed by atoms with Crippen LogP contribution in [0, 0.1) is 0 Å². The highest BCUT2D eigenvalue weighted by Gasteiger charge is 2.08. The first-order chi connectivity index (χ1) is 8.84. The fraction of sp³-hybridized carbons (Fsp3) is 0. The number of rotatable bonds is 0. The maximum absolute atomic E-state index is 6.07. The molecule has 0 radical (unpaired) electrons. The quantitative estimate of drug-likeness (QED) is 0.457. The Labute approximate surface area is 103 Å². The third-order valence-electron chi connectivity index (χ3n) is 3.43. The summed E-state index contributed by atoms with van der Waals surface area (Å²) in [6, 6.07) is 14.3. The number of nitrogens with zero attached hydrogens (tertiary/aromatic N) is 1. The van der Waals surface area contributed by atoms with Crippen LogP contribution in [0.15, 0.2) is 48.7 Å². The van der Waals surface area contributed by atoms with Crippen LogP contribution in [-0.4, -0.2) is 9.97 Å². The number of hydrogen-bond donors (Lipinski definition) is 2. The standard InChI is InChI=1S/C15H11N3/c16-15-10-4-2-1-3-9(10)14-11-7-8-17-12(11)5-6-13(14)18-15/h1-8,18H,16H2. The fourth-order valence-corrected chi connectivity index (χ4v) is 2.62. The fourth-order valence-electron chi connectivity index (χ4n) is 2.62. The number of pyridine rings is 1. The highest BCUT2D eigenvalue weighted by molar-refractivity contribution is 6.20. The molecule has 4 rings (SSSR count). The van der Waals surface area contributed by atoms with Crippen LogP contribution in [-0.2, 0) is 0 Å². The van der Waals surface area contributed by atoms with Gasteiger partial charge in [0.25, 0.3) is 0 Å². The van der Waals surface area contributed by atoms with Crippen molar-refractivity contribution in [3.05, 3.63) is 48.7 Å². The summed E-state index contributed by atoms with van der Waals surface area (Å²) < 4.78 is 0. The molecule has 2 aromatic heterocycles. The lowest BCUT2D eigenvalue weighted by Crippen LogP contribution is -1.93. The summed E-state index contributed by atoms with van der Waals surface area (Å²) in [6.45, 7) is 0. The van der Waals surface area contributed by atoms with Crippen LogP contribution in [0.3, 0.4) is 0 Å². The monoisotopic (exact) mass is 233 g/mol. The molecule has 0 fully saturated rings. The van der Waals surface area contributed by atoms with Gasteiger partial charge in [0, 0.05) is 27.9 Å².